The van der Waals surface area contributed by atoms with Crippen molar-refractivity contribution in [1.29, 1.82) is 0 Å². The normalized spacial score (nSPS) is 22.8. The number of amidine groups is 1. The lowest BCUT2D eigenvalue weighted by atomic mass is 9.81. The van der Waals surface area contributed by atoms with Crippen molar-refractivity contribution in [3.63, 3.8) is 0 Å². The highest BCUT2D eigenvalue weighted by atomic mass is 19.2. The maximum atomic E-state index is 14.5. The molecule has 2 aliphatic heterocycles. The van der Waals surface area contributed by atoms with Crippen LogP contribution in [-0.2, 0) is 15.1 Å². The van der Waals surface area contributed by atoms with E-state index >= 15 is 0 Å². The van der Waals surface area contributed by atoms with Crippen LogP contribution in [-0.4, -0.2) is 57.9 Å². The predicted octanol–water partition coefficient (Wildman–Crippen LogP) is 4.46. The van der Waals surface area contributed by atoms with Crippen LogP contribution in [0.25, 0.3) is 11.8 Å². The number of imidazole rings is 1. The molecule has 3 unspecified atom stereocenters. The lowest BCUT2D eigenvalue weighted by molar-refractivity contribution is -0.0934. The van der Waals surface area contributed by atoms with Gasteiger partial charge in [-0.2, -0.15) is 0 Å². The molecule has 1 N–H and O–H groups in total. The first-order chi connectivity index (χ1) is 18.1. The minimum absolute atomic E-state index is 0.0501. The fraction of sp³-hybridized carbons (Fsp3) is 0.357. The average molecular weight is 525 g/mol. The van der Waals surface area contributed by atoms with Crippen molar-refractivity contribution in [2.24, 2.45) is 5.16 Å². The molecule has 8 nitrogen and oxygen atoms in total. The Morgan fingerprint density at radius 2 is 2.03 bits per heavy atom. The molecule has 1 aromatic heterocycles. The molecule has 0 radical (unpaired) electrons. The first-order valence-corrected chi connectivity index (χ1v) is 12.3. The topological polar surface area (TPSA) is 81.3 Å². The highest BCUT2D eigenvalue weighted by molar-refractivity contribution is 6.01. The molecule has 5 rings (SSSR count). The van der Waals surface area contributed by atoms with Gasteiger partial charge >= 0.3 is 0 Å². The van der Waals surface area contributed by atoms with Gasteiger partial charge in [-0.1, -0.05) is 17.3 Å². The Morgan fingerprint density at radius 1 is 1.24 bits per heavy atom. The lowest BCUT2D eigenvalue weighted by Gasteiger charge is -2.51. The third-order valence-corrected chi connectivity index (χ3v) is 7.05. The molecule has 200 valence electrons. The second-order valence-corrected chi connectivity index (χ2v) is 9.78. The summed E-state index contributed by atoms with van der Waals surface area (Å²) < 4.78 is 42.4. The minimum Gasteiger partial charge on any atom is -0.495 e. The molecule has 38 heavy (non-hydrogen) atoms. The Balaban J connectivity index is 1.57. The van der Waals surface area contributed by atoms with Crippen LogP contribution in [0, 0.1) is 25.5 Å². The number of aryl methyl sites for hydroxylation is 2. The number of halogens is 2. The molecule has 1 fully saturated rings. The fourth-order valence-corrected chi connectivity index (χ4v) is 5.10. The van der Waals surface area contributed by atoms with Crippen LogP contribution in [0.1, 0.15) is 36.2 Å². The highest BCUT2D eigenvalue weighted by Gasteiger charge is 2.51. The number of morpholine rings is 1. The number of fused-ring (bicyclic) bond motifs is 1. The Kier molecular flexibility index (Phi) is 6.60. The molecule has 2 aromatic carbocycles. The predicted molar refractivity (Wildman–Crippen MR) is 138 cm³/mol. The number of aliphatic hydroxyl groups is 1. The van der Waals surface area contributed by atoms with E-state index in [2.05, 4.69) is 10.1 Å². The number of hydrogen-bond acceptors (Lipinski definition) is 7. The average Bonchev–Trinajstić information content (AvgIpc) is 3.32. The summed E-state index contributed by atoms with van der Waals surface area (Å²) in [5.41, 5.74) is 1.82. The van der Waals surface area contributed by atoms with Crippen molar-refractivity contribution in [2.45, 2.75) is 45.4 Å². The molecule has 0 amide bonds. The zero-order chi connectivity index (χ0) is 27.2. The Bertz CT molecular complexity index is 1410. The lowest BCUT2D eigenvalue weighted by Crippen LogP contribution is -2.64. The van der Waals surface area contributed by atoms with Gasteiger partial charge in [-0.05, 0) is 68.7 Å². The van der Waals surface area contributed by atoms with E-state index in [0.29, 0.717) is 29.5 Å². The van der Waals surface area contributed by atoms with Gasteiger partial charge < -0.3 is 28.9 Å². The molecule has 1 saturated heterocycles. The smallest absolute Gasteiger partial charge is 0.211 e. The van der Waals surface area contributed by atoms with Gasteiger partial charge in [0.05, 0.1) is 37.5 Å². The molecule has 3 atom stereocenters. The number of benzene rings is 2. The highest BCUT2D eigenvalue weighted by Crippen LogP contribution is 2.41. The third-order valence-electron chi connectivity index (χ3n) is 7.05. The van der Waals surface area contributed by atoms with E-state index in [4.69, 9.17) is 14.3 Å². The zero-order valence-corrected chi connectivity index (χ0v) is 21.9. The van der Waals surface area contributed by atoms with Crippen molar-refractivity contribution in [1.82, 2.24) is 14.5 Å². The second-order valence-electron chi connectivity index (χ2n) is 9.78. The number of methoxy groups -OCH3 is 1. The third kappa shape index (κ3) is 4.28. The fourth-order valence-electron chi connectivity index (χ4n) is 5.10. The zero-order valence-electron chi connectivity index (χ0n) is 21.9. The summed E-state index contributed by atoms with van der Waals surface area (Å²) in [7, 11) is 1.60. The van der Waals surface area contributed by atoms with Crippen molar-refractivity contribution in [3.8, 4) is 11.4 Å². The number of aliphatic hydroxyl groups excluding tert-OH is 1. The van der Waals surface area contributed by atoms with E-state index < -0.39 is 23.3 Å². The summed E-state index contributed by atoms with van der Waals surface area (Å²) in [6.45, 7) is 7.21. The molecular weight excluding hydrogens is 494 g/mol. The quantitative estimate of drug-likeness (QED) is 0.531. The number of hydrogen-bond donors (Lipinski definition) is 1. The van der Waals surface area contributed by atoms with Crippen molar-refractivity contribution < 1.29 is 28.2 Å². The van der Waals surface area contributed by atoms with Crippen molar-refractivity contribution >= 4 is 11.9 Å². The van der Waals surface area contributed by atoms with Gasteiger partial charge in [-0.3, -0.25) is 0 Å². The number of ether oxygens (including phenoxy) is 2. The van der Waals surface area contributed by atoms with Gasteiger partial charge in [0.1, 0.15) is 24.0 Å². The molecular formula is C28H30F2N4O4. The number of nitrogens with zero attached hydrogens (tertiary/aromatic N) is 4. The monoisotopic (exact) mass is 524 g/mol. The summed E-state index contributed by atoms with van der Waals surface area (Å²) in [5.74, 6) is -0.498. The molecule has 2 aliphatic rings. The molecule has 3 heterocycles. The molecule has 0 aliphatic carbocycles. The van der Waals surface area contributed by atoms with Gasteiger partial charge in [0, 0.05) is 6.20 Å². The Morgan fingerprint density at radius 3 is 2.68 bits per heavy atom. The van der Waals surface area contributed by atoms with E-state index in [-0.39, 0.29) is 18.3 Å². The molecule has 0 spiro atoms. The van der Waals surface area contributed by atoms with Crippen molar-refractivity contribution in [2.75, 3.05) is 20.3 Å². The molecule has 3 aromatic rings. The maximum Gasteiger partial charge on any atom is 0.211 e. The number of aromatic nitrogens is 2. The summed E-state index contributed by atoms with van der Waals surface area (Å²) in [4.78, 5) is 11.8. The van der Waals surface area contributed by atoms with Gasteiger partial charge in [-0.15, -0.1) is 0 Å². The van der Waals surface area contributed by atoms with Crippen LogP contribution in [0.3, 0.4) is 0 Å². The van der Waals surface area contributed by atoms with Crippen molar-refractivity contribution in [3.05, 3.63) is 82.6 Å². The number of oxime groups is 1. The molecule has 0 bridgehead atoms. The van der Waals surface area contributed by atoms with E-state index in [1.807, 2.05) is 53.8 Å². The van der Waals surface area contributed by atoms with E-state index in [9.17, 15) is 13.9 Å². The summed E-state index contributed by atoms with van der Waals surface area (Å²) in [6, 6.07) is 8.36. The number of rotatable bonds is 5. The van der Waals surface area contributed by atoms with Crippen LogP contribution in [0.15, 0.2) is 53.8 Å². The summed E-state index contributed by atoms with van der Waals surface area (Å²) in [6.07, 6.45) is 4.13. The Labute approximate surface area is 219 Å². The molecule has 0 saturated carbocycles. The second kappa shape index (κ2) is 9.75. The van der Waals surface area contributed by atoms with Crippen LogP contribution >= 0.6 is 0 Å². The minimum atomic E-state index is -1.21. The van der Waals surface area contributed by atoms with Gasteiger partial charge in [0.2, 0.25) is 5.84 Å². The van der Waals surface area contributed by atoms with Gasteiger partial charge in [0.15, 0.2) is 17.4 Å². The van der Waals surface area contributed by atoms with Crippen LogP contribution in [0.4, 0.5) is 8.78 Å². The van der Waals surface area contributed by atoms with Crippen LogP contribution in [0.2, 0.25) is 0 Å². The standard InChI is InChI=1S/C28H30F2N4O4/c1-16-8-21(11-22(29)26(16)30)28(19(4)35)14-37-32-27-25(38-18(3)13-34(27)28)10-20-6-7-23(24(9-20)36-5)33-12-17(2)31-15-33/h6-12,15,18-19,35H,13-14H2,1-5H3/b25-10-. The largest absolute Gasteiger partial charge is 0.495 e. The first-order valence-electron chi connectivity index (χ1n) is 12.3. The SMILES string of the molecule is COc1cc(/C=C2\OC(C)CN3C2=NOCC3(c2cc(C)c(F)c(F)c2)C(C)O)ccc1-n1cnc(C)c1. The van der Waals surface area contributed by atoms with Gasteiger partial charge in [0.25, 0.3) is 0 Å². The van der Waals surface area contributed by atoms with E-state index in [1.165, 1.54) is 6.92 Å². The Hall–Kier alpha value is -3.92. The van der Waals surface area contributed by atoms with Crippen LogP contribution < -0.4 is 4.74 Å². The van der Waals surface area contributed by atoms with Crippen LogP contribution in [0.5, 0.6) is 5.75 Å². The summed E-state index contributed by atoms with van der Waals surface area (Å²) in [5, 5.41) is 15.3. The van der Waals surface area contributed by atoms with E-state index in [0.717, 1.165) is 23.0 Å². The van der Waals surface area contributed by atoms with Gasteiger partial charge in [-0.25, -0.2) is 13.8 Å². The maximum absolute atomic E-state index is 14.5. The summed E-state index contributed by atoms with van der Waals surface area (Å²) >= 11 is 0. The first kappa shape index (κ1) is 25.7. The molecule has 10 heteroatoms. The van der Waals surface area contributed by atoms with E-state index in [1.54, 1.807) is 26.4 Å².